The zero-order valence-corrected chi connectivity index (χ0v) is 9.17. The largest absolute Gasteiger partial charge is 0.547 e. The molecule has 0 unspecified atom stereocenters. The quantitative estimate of drug-likeness (QED) is 0.246. The van der Waals surface area contributed by atoms with E-state index in [1.54, 1.807) is 0 Å². The van der Waals surface area contributed by atoms with Crippen molar-refractivity contribution in [3.63, 3.8) is 0 Å². The van der Waals surface area contributed by atoms with Crippen molar-refractivity contribution < 1.29 is 49.2 Å². The molecule has 0 aliphatic heterocycles. The Kier molecular flexibility index (Phi) is 6.16. The highest BCUT2D eigenvalue weighted by Crippen LogP contribution is 2.38. The topological polar surface area (TPSA) is 188 Å². The molecule has 0 bridgehead atoms. The van der Waals surface area contributed by atoms with E-state index in [2.05, 4.69) is 4.52 Å². The molecule has 0 aromatic carbocycles. The summed E-state index contributed by atoms with van der Waals surface area (Å²) in [5.41, 5.74) is 0. The van der Waals surface area contributed by atoms with Gasteiger partial charge in [0.25, 0.3) is 0 Å². The molecule has 0 amide bonds. The molecule has 11 heteroatoms. The first-order valence-corrected chi connectivity index (χ1v) is 5.73. The first-order chi connectivity index (χ1) is 7.60. The van der Waals surface area contributed by atoms with Gasteiger partial charge in [-0.25, -0.2) is 4.57 Å². The highest BCUT2D eigenvalue weighted by molar-refractivity contribution is 7.46. The Morgan fingerprint density at radius 3 is 2.00 bits per heavy atom. The average molecular weight is 275 g/mol. The van der Waals surface area contributed by atoms with Crippen molar-refractivity contribution in [2.24, 2.45) is 0 Å². The second-order valence-corrected chi connectivity index (χ2v) is 4.25. The third-order valence-electron chi connectivity index (χ3n) is 1.75. The predicted octanol–water partition coefficient (Wildman–Crippen LogP) is -4.71. The number of phosphoric acid groups is 1. The third kappa shape index (κ3) is 5.52. The number of hydrogen-bond donors (Lipinski definition) is 6. The monoisotopic (exact) mass is 275 g/mol. The number of rotatable bonds is 7. The summed E-state index contributed by atoms with van der Waals surface area (Å²) in [6, 6.07) is 0. The third-order valence-corrected chi connectivity index (χ3v) is 2.29. The zero-order valence-electron chi connectivity index (χ0n) is 8.28. The number of aliphatic hydroxyl groups excluding tert-OH is 4. The normalized spacial score (nSPS) is 19.4. The number of hydrogen-bond acceptors (Lipinski definition) is 8. The Hall–Kier alpha value is -0.580. The first kappa shape index (κ1) is 16.4. The molecule has 0 spiro atoms. The zero-order chi connectivity index (χ0) is 13.8. The van der Waals surface area contributed by atoms with E-state index in [1.165, 1.54) is 0 Å². The maximum Gasteiger partial charge on any atom is 0.470 e. The summed E-state index contributed by atoms with van der Waals surface area (Å²) in [7, 11) is -5.06. The van der Waals surface area contributed by atoms with Gasteiger partial charge in [0.2, 0.25) is 0 Å². The van der Waals surface area contributed by atoms with Gasteiger partial charge in [-0.1, -0.05) is 0 Å². The fourth-order valence-corrected chi connectivity index (χ4v) is 1.47. The highest BCUT2D eigenvalue weighted by atomic mass is 31.2. The van der Waals surface area contributed by atoms with Crippen LogP contribution in [0.1, 0.15) is 0 Å². The molecule has 0 rings (SSSR count). The van der Waals surface area contributed by atoms with Crippen LogP contribution in [-0.2, 0) is 13.9 Å². The van der Waals surface area contributed by atoms with Gasteiger partial charge in [0, 0.05) is 0 Å². The molecule has 0 aromatic rings. The Morgan fingerprint density at radius 2 is 1.71 bits per heavy atom. The lowest BCUT2D eigenvalue weighted by Crippen LogP contribution is -2.52. The van der Waals surface area contributed by atoms with Crippen molar-refractivity contribution in [2.75, 3.05) is 6.61 Å². The molecule has 0 aliphatic carbocycles. The molecule has 0 aromatic heterocycles. The van der Waals surface area contributed by atoms with Crippen LogP contribution in [0.5, 0.6) is 0 Å². The van der Waals surface area contributed by atoms with Gasteiger partial charge in [0.1, 0.15) is 24.4 Å². The van der Waals surface area contributed by atoms with Gasteiger partial charge in [-0.2, -0.15) is 0 Å². The van der Waals surface area contributed by atoms with Crippen LogP contribution in [0.2, 0.25) is 0 Å². The second kappa shape index (κ2) is 6.38. The fraction of sp³-hybridized carbons (Fsp3) is 0.833. The molecule has 4 atom stereocenters. The average Bonchev–Trinajstić information content (AvgIpc) is 2.21. The fourth-order valence-electron chi connectivity index (χ4n) is 0.926. The molecule has 0 radical (unpaired) electrons. The van der Waals surface area contributed by atoms with E-state index < -0.39 is 44.8 Å². The summed E-state index contributed by atoms with van der Waals surface area (Å²) in [6.07, 6.45) is -9.05. The SMILES string of the molecule is O=C([O-])[C@H](O)[C@@H](O)[C@H](O)[C@@H](CO)OP(=O)(O)O. The number of aliphatic hydroxyl groups is 4. The van der Waals surface area contributed by atoms with Crippen molar-refractivity contribution in [1.82, 2.24) is 0 Å². The van der Waals surface area contributed by atoms with Crippen molar-refractivity contribution in [2.45, 2.75) is 24.4 Å². The van der Waals surface area contributed by atoms with Crippen LogP contribution in [0.3, 0.4) is 0 Å². The van der Waals surface area contributed by atoms with E-state index in [-0.39, 0.29) is 0 Å². The molecule has 17 heavy (non-hydrogen) atoms. The minimum Gasteiger partial charge on any atom is -0.547 e. The van der Waals surface area contributed by atoms with Gasteiger partial charge < -0.3 is 40.1 Å². The van der Waals surface area contributed by atoms with E-state index in [0.717, 1.165) is 0 Å². The lowest BCUT2D eigenvalue weighted by atomic mass is 10.0. The van der Waals surface area contributed by atoms with Gasteiger partial charge in [-0.05, 0) is 0 Å². The summed E-state index contributed by atoms with van der Waals surface area (Å²) in [4.78, 5) is 26.9. The lowest BCUT2D eigenvalue weighted by molar-refractivity contribution is -0.320. The number of phosphoric ester groups is 1. The van der Waals surface area contributed by atoms with Crippen LogP contribution in [-0.4, -0.2) is 67.2 Å². The van der Waals surface area contributed by atoms with Crippen LogP contribution < -0.4 is 5.11 Å². The minimum atomic E-state index is -5.06. The molecule has 10 nitrogen and oxygen atoms in total. The summed E-state index contributed by atoms with van der Waals surface area (Å²) in [6.45, 7) is -1.12. The summed E-state index contributed by atoms with van der Waals surface area (Å²) >= 11 is 0. The molecule has 102 valence electrons. The summed E-state index contributed by atoms with van der Waals surface area (Å²) in [5, 5.41) is 45.9. The van der Waals surface area contributed by atoms with Crippen molar-refractivity contribution in [3.05, 3.63) is 0 Å². The standard InChI is InChI=1S/C6H13O10P/c7-1-2(16-17(13,14)15)3(8)4(9)5(10)6(11)12/h2-5,7-10H,1H2,(H,11,12)(H2,13,14,15)/p-1/t2-,3-,4+,5-/m1/s1. The summed E-state index contributed by atoms with van der Waals surface area (Å²) in [5.74, 6) is -2.11. The smallest absolute Gasteiger partial charge is 0.470 e. The van der Waals surface area contributed by atoms with Gasteiger partial charge in [0.15, 0.2) is 0 Å². The molecule has 0 saturated heterocycles. The van der Waals surface area contributed by atoms with Crippen molar-refractivity contribution >= 4 is 13.8 Å². The molecular formula is C6H12O10P-. The number of aliphatic carboxylic acids is 1. The molecule has 0 saturated carbocycles. The van der Waals surface area contributed by atoms with E-state index >= 15 is 0 Å². The second-order valence-electron chi connectivity index (χ2n) is 3.06. The Balaban J connectivity index is 4.69. The van der Waals surface area contributed by atoms with Crippen LogP contribution >= 0.6 is 7.82 Å². The number of carbonyl (C=O) groups is 1. The Bertz CT molecular complexity index is 299. The van der Waals surface area contributed by atoms with E-state index in [0.29, 0.717) is 0 Å². The molecule has 6 N–H and O–H groups in total. The van der Waals surface area contributed by atoms with Crippen LogP contribution in [0.25, 0.3) is 0 Å². The molecule has 0 fully saturated rings. The predicted molar refractivity (Wildman–Crippen MR) is 47.0 cm³/mol. The van der Waals surface area contributed by atoms with Crippen molar-refractivity contribution in [3.8, 4) is 0 Å². The number of carboxylic acid groups (broad SMARTS) is 1. The van der Waals surface area contributed by atoms with E-state index in [9.17, 15) is 19.6 Å². The Labute approximate surface area is 94.9 Å². The van der Waals surface area contributed by atoms with Crippen LogP contribution in [0.4, 0.5) is 0 Å². The van der Waals surface area contributed by atoms with E-state index in [4.69, 9.17) is 25.1 Å². The van der Waals surface area contributed by atoms with Gasteiger partial charge in [0.05, 0.1) is 12.6 Å². The Morgan fingerprint density at radius 1 is 1.24 bits per heavy atom. The number of carboxylic acids is 1. The van der Waals surface area contributed by atoms with Crippen molar-refractivity contribution in [1.29, 1.82) is 0 Å². The van der Waals surface area contributed by atoms with Gasteiger partial charge in [-0.15, -0.1) is 0 Å². The maximum absolute atomic E-state index is 10.4. The lowest BCUT2D eigenvalue weighted by Gasteiger charge is -2.28. The number of carbonyl (C=O) groups excluding carboxylic acids is 1. The molecule has 0 heterocycles. The minimum absolute atomic E-state index is 1.12. The first-order valence-electron chi connectivity index (χ1n) is 4.20. The van der Waals surface area contributed by atoms with Gasteiger partial charge in [-0.3, -0.25) is 4.52 Å². The molecule has 0 aliphatic rings. The van der Waals surface area contributed by atoms with Crippen LogP contribution in [0, 0.1) is 0 Å². The van der Waals surface area contributed by atoms with Gasteiger partial charge >= 0.3 is 7.82 Å². The molecular weight excluding hydrogens is 263 g/mol. The maximum atomic E-state index is 10.4. The van der Waals surface area contributed by atoms with Crippen LogP contribution in [0.15, 0.2) is 0 Å². The summed E-state index contributed by atoms with van der Waals surface area (Å²) < 4.78 is 14.3. The highest BCUT2D eigenvalue weighted by Gasteiger charge is 2.35. The van der Waals surface area contributed by atoms with E-state index in [1.807, 2.05) is 0 Å².